The molecule has 6 nitrogen and oxygen atoms in total. The highest BCUT2D eigenvalue weighted by Crippen LogP contribution is 2.20. The van der Waals surface area contributed by atoms with Gasteiger partial charge in [-0.2, -0.15) is 4.99 Å². The number of aryl methyl sites for hydroxylation is 1. The maximum Gasteiger partial charge on any atom is 0.338 e. The molecular formula is C20H20N2O4S. The number of amides is 1. The molecule has 27 heavy (non-hydrogen) atoms. The van der Waals surface area contributed by atoms with Crippen molar-refractivity contribution in [1.82, 2.24) is 4.57 Å². The maximum absolute atomic E-state index is 12.2. The molecule has 0 saturated carbocycles. The number of ether oxygens (including phenoxy) is 2. The molecule has 1 heterocycles. The van der Waals surface area contributed by atoms with Crippen LogP contribution in [0.4, 0.5) is 0 Å². The Hall–Kier alpha value is -2.93. The summed E-state index contributed by atoms with van der Waals surface area (Å²) in [5.74, 6) is -0.0975. The molecule has 0 saturated heterocycles. The molecule has 1 amide bonds. The van der Waals surface area contributed by atoms with E-state index >= 15 is 0 Å². The van der Waals surface area contributed by atoms with E-state index in [9.17, 15) is 9.59 Å². The van der Waals surface area contributed by atoms with Gasteiger partial charge in [-0.3, -0.25) is 4.79 Å². The van der Waals surface area contributed by atoms with E-state index in [0.717, 1.165) is 10.2 Å². The van der Waals surface area contributed by atoms with Gasteiger partial charge in [-0.25, -0.2) is 4.79 Å². The van der Waals surface area contributed by atoms with Crippen LogP contribution in [0.3, 0.4) is 0 Å². The zero-order valence-corrected chi connectivity index (χ0v) is 16.0. The van der Waals surface area contributed by atoms with Crippen molar-refractivity contribution in [2.75, 3.05) is 13.2 Å². The summed E-state index contributed by atoms with van der Waals surface area (Å²) in [5.41, 5.74) is 1.41. The number of nitrogens with zero attached hydrogens (tertiary/aromatic N) is 2. The van der Waals surface area contributed by atoms with Gasteiger partial charge < -0.3 is 14.0 Å². The van der Waals surface area contributed by atoms with Gasteiger partial charge in [0.05, 0.1) is 22.4 Å². The van der Waals surface area contributed by atoms with Crippen molar-refractivity contribution in [1.29, 1.82) is 0 Å². The van der Waals surface area contributed by atoms with Gasteiger partial charge in [-0.15, -0.1) is 0 Å². The quantitative estimate of drug-likeness (QED) is 0.611. The molecule has 3 aromatic rings. The minimum absolute atomic E-state index is 0.129. The Labute approximate surface area is 160 Å². The average molecular weight is 384 g/mol. The number of benzene rings is 2. The largest absolute Gasteiger partial charge is 0.484 e. The van der Waals surface area contributed by atoms with Crippen LogP contribution < -0.4 is 9.54 Å². The third kappa shape index (κ3) is 4.43. The first-order valence-corrected chi connectivity index (χ1v) is 9.50. The van der Waals surface area contributed by atoms with E-state index in [2.05, 4.69) is 4.99 Å². The number of hydrogen-bond donors (Lipinski definition) is 0. The highest BCUT2D eigenvalue weighted by atomic mass is 32.1. The van der Waals surface area contributed by atoms with Crippen LogP contribution in [0.2, 0.25) is 0 Å². The summed E-state index contributed by atoms with van der Waals surface area (Å²) in [6, 6.07) is 14.5. The van der Waals surface area contributed by atoms with Gasteiger partial charge in [-0.05, 0) is 44.2 Å². The van der Waals surface area contributed by atoms with Gasteiger partial charge in [0, 0.05) is 6.54 Å². The van der Waals surface area contributed by atoms with Gasteiger partial charge in [-0.1, -0.05) is 29.5 Å². The van der Waals surface area contributed by atoms with Gasteiger partial charge in [0.1, 0.15) is 5.75 Å². The Morgan fingerprint density at radius 3 is 2.59 bits per heavy atom. The maximum atomic E-state index is 12.2. The molecule has 0 N–H and O–H groups in total. The van der Waals surface area contributed by atoms with Crippen LogP contribution in [0.25, 0.3) is 10.2 Å². The van der Waals surface area contributed by atoms with E-state index < -0.39 is 0 Å². The van der Waals surface area contributed by atoms with E-state index in [4.69, 9.17) is 9.47 Å². The third-order valence-electron chi connectivity index (χ3n) is 3.84. The lowest BCUT2D eigenvalue weighted by Crippen LogP contribution is -2.18. The van der Waals surface area contributed by atoms with Crippen molar-refractivity contribution in [3.05, 3.63) is 58.9 Å². The zero-order chi connectivity index (χ0) is 19.2. The zero-order valence-electron chi connectivity index (χ0n) is 15.2. The SMILES string of the molecule is CCOC(=O)c1ccc2c(c1)sc(=NC(=O)COc1ccccc1)n2CC. The van der Waals surface area contributed by atoms with Crippen LogP contribution in [-0.4, -0.2) is 29.7 Å². The summed E-state index contributed by atoms with van der Waals surface area (Å²) >= 11 is 1.36. The highest BCUT2D eigenvalue weighted by Gasteiger charge is 2.12. The van der Waals surface area contributed by atoms with Gasteiger partial charge in [0.15, 0.2) is 11.4 Å². The smallest absolute Gasteiger partial charge is 0.338 e. The van der Waals surface area contributed by atoms with Crippen LogP contribution in [0.15, 0.2) is 53.5 Å². The minimum atomic E-state index is -0.363. The fourth-order valence-electron chi connectivity index (χ4n) is 2.61. The number of aromatic nitrogens is 1. The number of esters is 1. The highest BCUT2D eigenvalue weighted by molar-refractivity contribution is 7.16. The monoisotopic (exact) mass is 384 g/mol. The average Bonchev–Trinajstić information content (AvgIpc) is 3.03. The molecule has 1 aromatic heterocycles. The molecular weight excluding hydrogens is 364 g/mol. The first-order chi connectivity index (χ1) is 13.1. The Bertz CT molecular complexity index is 1020. The molecule has 0 radical (unpaired) electrons. The number of hydrogen-bond acceptors (Lipinski definition) is 5. The topological polar surface area (TPSA) is 69.9 Å². The van der Waals surface area contributed by atoms with Crippen molar-refractivity contribution in [2.24, 2.45) is 4.99 Å². The first-order valence-electron chi connectivity index (χ1n) is 8.68. The molecule has 140 valence electrons. The lowest BCUT2D eigenvalue weighted by Gasteiger charge is -2.03. The van der Waals surface area contributed by atoms with Crippen molar-refractivity contribution in [2.45, 2.75) is 20.4 Å². The van der Waals surface area contributed by atoms with Crippen molar-refractivity contribution < 1.29 is 19.1 Å². The van der Waals surface area contributed by atoms with Crippen LogP contribution in [0, 0.1) is 0 Å². The van der Waals surface area contributed by atoms with Crippen LogP contribution in [-0.2, 0) is 16.1 Å². The number of carbonyl (C=O) groups is 2. The second kappa shape index (κ2) is 8.64. The second-order valence-corrected chi connectivity index (χ2v) is 6.65. The molecule has 3 rings (SSSR count). The van der Waals surface area contributed by atoms with Gasteiger partial charge in [0.25, 0.3) is 5.91 Å². The first kappa shape index (κ1) is 18.8. The van der Waals surface area contributed by atoms with Crippen molar-refractivity contribution >= 4 is 33.4 Å². The lowest BCUT2D eigenvalue weighted by molar-refractivity contribution is -0.120. The predicted molar refractivity (Wildman–Crippen MR) is 104 cm³/mol. The molecule has 0 aliphatic carbocycles. The fourth-order valence-corrected chi connectivity index (χ4v) is 3.76. The summed E-state index contributed by atoms with van der Waals surface area (Å²) in [6.07, 6.45) is 0. The standard InChI is InChI=1S/C20H20N2O4S/c1-3-22-16-11-10-14(19(24)25-4-2)12-17(16)27-20(22)21-18(23)13-26-15-8-6-5-7-9-15/h5-12H,3-4,13H2,1-2H3. The molecule has 0 aliphatic heterocycles. The molecule has 0 atom stereocenters. The Balaban J connectivity index is 1.87. The summed E-state index contributed by atoms with van der Waals surface area (Å²) < 4.78 is 13.3. The number of fused-ring (bicyclic) bond motifs is 1. The number of carbonyl (C=O) groups excluding carboxylic acids is 2. The van der Waals surface area contributed by atoms with Gasteiger partial charge >= 0.3 is 5.97 Å². The molecule has 7 heteroatoms. The van der Waals surface area contributed by atoms with E-state index in [1.54, 1.807) is 31.2 Å². The Morgan fingerprint density at radius 1 is 1.11 bits per heavy atom. The summed E-state index contributed by atoms with van der Waals surface area (Å²) in [7, 11) is 0. The van der Waals surface area contributed by atoms with Crippen molar-refractivity contribution in [3.8, 4) is 5.75 Å². The second-order valence-electron chi connectivity index (χ2n) is 5.64. The van der Waals surface area contributed by atoms with E-state index in [0.29, 0.717) is 29.3 Å². The summed E-state index contributed by atoms with van der Waals surface area (Å²) in [4.78, 5) is 28.9. The lowest BCUT2D eigenvalue weighted by atomic mass is 10.2. The molecule has 0 spiro atoms. The van der Waals surface area contributed by atoms with Crippen LogP contribution in [0.1, 0.15) is 24.2 Å². The number of para-hydroxylation sites is 1. The number of thiazole rings is 1. The molecule has 2 aromatic carbocycles. The molecule has 0 bridgehead atoms. The Morgan fingerprint density at radius 2 is 1.89 bits per heavy atom. The van der Waals surface area contributed by atoms with Crippen LogP contribution >= 0.6 is 11.3 Å². The number of rotatable bonds is 6. The molecule has 0 fully saturated rings. The van der Waals surface area contributed by atoms with E-state index in [1.807, 2.05) is 35.8 Å². The van der Waals surface area contributed by atoms with E-state index in [1.165, 1.54) is 11.3 Å². The van der Waals surface area contributed by atoms with Crippen LogP contribution in [0.5, 0.6) is 5.75 Å². The summed E-state index contributed by atoms with van der Waals surface area (Å²) in [6.45, 7) is 4.61. The predicted octanol–water partition coefficient (Wildman–Crippen LogP) is 3.41. The van der Waals surface area contributed by atoms with Crippen molar-refractivity contribution in [3.63, 3.8) is 0 Å². The Kier molecular flexibility index (Phi) is 6.03. The normalized spacial score (nSPS) is 11.6. The fraction of sp³-hybridized carbons (Fsp3) is 0.250. The van der Waals surface area contributed by atoms with Gasteiger partial charge in [0.2, 0.25) is 0 Å². The van der Waals surface area contributed by atoms with E-state index in [-0.39, 0.29) is 18.5 Å². The molecule has 0 unspecified atom stereocenters. The molecule has 0 aliphatic rings. The summed E-state index contributed by atoms with van der Waals surface area (Å²) in [5, 5.41) is 0. The minimum Gasteiger partial charge on any atom is -0.484 e. The third-order valence-corrected chi connectivity index (χ3v) is 4.88.